The third-order valence-corrected chi connectivity index (χ3v) is 6.61. The second kappa shape index (κ2) is 5.04. The molecule has 0 aliphatic heterocycles. The summed E-state index contributed by atoms with van der Waals surface area (Å²) < 4.78 is 5.56. The molecule has 110 valence electrons. The molecule has 3 saturated carbocycles. The number of ether oxygens (including phenoxy) is 1. The lowest BCUT2D eigenvalue weighted by molar-refractivity contribution is -0.102. The van der Waals surface area contributed by atoms with Crippen LogP contribution in [0.3, 0.4) is 0 Å². The zero-order valence-corrected chi connectivity index (χ0v) is 13.0. The van der Waals surface area contributed by atoms with Crippen LogP contribution in [-0.4, -0.2) is 25.3 Å². The van der Waals surface area contributed by atoms with Crippen molar-refractivity contribution in [1.29, 1.82) is 0 Å². The van der Waals surface area contributed by atoms with Crippen LogP contribution in [0, 0.1) is 10.8 Å². The summed E-state index contributed by atoms with van der Waals surface area (Å²) >= 11 is 0. The fraction of sp³-hybridized carbons (Fsp3) is 1.00. The van der Waals surface area contributed by atoms with Gasteiger partial charge in [0.25, 0.3) is 0 Å². The molecule has 2 unspecified atom stereocenters. The molecule has 2 nitrogen and oxygen atoms in total. The highest BCUT2D eigenvalue weighted by atomic mass is 16.5. The molecule has 1 N–H and O–H groups in total. The number of hydrogen-bond acceptors (Lipinski definition) is 2. The summed E-state index contributed by atoms with van der Waals surface area (Å²) in [7, 11) is 1.85. The standard InChI is InChI=1S/C17H31NO/c1-16(2)14(12-15(16)19-3)18-13-6-10-17(11-7-13)8-4-5-9-17/h13-15,18H,4-12H2,1-3H3. The molecule has 3 aliphatic rings. The van der Waals surface area contributed by atoms with Gasteiger partial charge in [-0.1, -0.05) is 26.7 Å². The third-order valence-electron chi connectivity index (χ3n) is 6.61. The number of methoxy groups -OCH3 is 1. The highest BCUT2D eigenvalue weighted by molar-refractivity contribution is 5.04. The molecular weight excluding hydrogens is 234 g/mol. The summed E-state index contributed by atoms with van der Waals surface area (Å²) in [6.45, 7) is 4.70. The minimum atomic E-state index is 0.317. The van der Waals surface area contributed by atoms with Crippen molar-refractivity contribution in [2.24, 2.45) is 10.8 Å². The first kappa shape index (κ1) is 13.9. The van der Waals surface area contributed by atoms with Crippen LogP contribution < -0.4 is 5.32 Å². The van der Waals surface area contributed by atoms with Gasteiger partial charge in [0.05, 0.1) is 6.10 Å². The first-order valence-corrected chi connectivity index (χ1v) is 8.35. The Morgan fingerprint density at radius 3 is 2.16 bits per heavy atom. The molecule has 0 aromatic rings. The average molecular weight is 265 g/mol. The predicted octanol–water partition coefficient (Wildman–Crippen LogP) is 3.89. The largest absolute Gasteiger partial charge is 0.381 e. The minimum absolute atomic E-state index is 0.317. The van der Waals surface area contributed by atoms with Gasteiger partial charge in [-0.3, -0.25) is 0 Å². The normalized spacial score (nSPS) is 37.4. The fourth-order valence-corrected chi connectivity index (χ4v) is 4.87. The van der Waals surface area contributed by atoms with Crippen molar-refractivity contribution in [3.8, 4) is 0 Å². The molecule has 0 bridgehead atoms. The van der Waals surface area contributed by atoms with Gasteiger partial charge in [0.1, 0.15) is 0 Å². The summed E-state index contributed by atoms with van der Waals surface area (Å²) in [5.41, 5.74) is 1.08. The molecule has 2 heteroatoms. The van der Waals surface area contributed by atoms with Crippen molar-refractivity contribution in [3.63, 3.8) is 0 Å². The molecule has 3 aliphatic carbocycles. The van der Waals surface area contributed by atoms with Gasteiger partial charge in [0, 0.05) is 24.6 Å². The highest BCUT2D eigenvalue weighted by Crippen LogP contribution is 2.49. The van der Waals surface area contributed by atoms with Crippen LogP contribution >= 0.6 is 0 Å². The zero-order chi connectivity index (χ0) is 13.5. The summed E-state index contributed by atoms with van der Waals surface area (Å²) in [5, 5.41) is 3.94. The third kappa shape index (κ3) is 2.47. The molecule has 0 aromatic heterocycles. The lowest BCUT2D eigenvalue weighted by atomic mass is 9.63. The van der Waals surface area contributed by atoms with E-state index in [0.29, 0.717) is 17.6 Å². The van der Waals surface area contributed by atoms with E-state index >= 15 is 0 Å². The van der Waals surface area contributed by atoms with Crippen molar-refractivity contribution in [2.45, 2.75) is 89.8 Å². The minimum Gasteiger partial charge on any atom is -0.381 e. The summed E-state index contributed by atoms with van der Waals surface area (Å²) in [6.07, 6.45) is 13.4. The number of rotatable bonds is 3. The van der Waals surface area contributed by atoms with Crippen molar-refractivity contribution >= 4 is 0 Å². The number of nitrogens with one attached hydrogen (secondary N) is 1. The highest BCUT2D eigenvalue weighted by Gasteiger charge is 2.49. The van der Waals surface area contributed by atoms with Crippen molar-refractivity contribution < 1.29 is 4.74 Å². The zero-order valence-electron chi connectivity index (χ0n) is 13.0. The topological polar surface area (TPSA) is 21.3 Å². The van der Waals surface area contributed by atoms with Crippen LogP contribution in [-0.2, 0) is 4.74 Å². The van der Waals surface area contributed by atoms with Crippen LogP contribution in [0.25, 0.3) is 0 Å². The van der Waals surface area contributed by atoms with E-state index in [9.17, 15) is 0 Å². The molecule has 0 radical (unpaired) electrons. The molecule has 19 heavy (non-hydrogen) atoms. The van der Waals surface area contributed by atoms with Gasteiger partial charge >= 0.3 is 0 Å². The van der Waals surface area contributed by atoms with Crippen LogP contribution in [0.4, 0.5) is 0 Å². The Hall–Kier alpha value is -0.0800. The molecule has 0 saturated heterocycles. The van der Waals surface area contributed by atoms with Gasteiger partial charge < -0.3 is 10.1 Å². The molecular formula is C17H31NO. The van der Waals surface area contributed by atoms with E-state index in [-0.39, 0.29) is 0 Å². The second-order valence-corrected chi connectivity index (χ2v) is 7.98. The van der Waals surface area contributed by atoms with E-state index in [1.54, 1.807) is 0 Å². The molecule has 2 atom stereocenters. The van der Waals surface area contributed by atoms with E-state index < -0.39 is 0 Å². The smallest absolute Gasteiger partial charge is 0.0652 e. The van der Waals surface area contributed by atoms with E-state index in [4.69, 9.17) is 4.74 Å². The van der Waals surface area contributed by atoms with Crippen LogP contribution in [0.2, 0.25) is 0 Å². The Bertz CT molecular complexity index is 309. The van der Waals surface area contributed by atoms with Gasteiger partial charge in [-0.25, -0.2) is 0 Å². The molecule has 0 heterocycles. The molecule has 0 amide bonds. The van der Waals surface area contributed by atoms with Gasteiger partial charge in [0.2, 0.25) is 0 Å². The summed E-state index contributed by atoms with van der Waals surface area (Å²) in [4.78, 5) is 0. The fourth-order valence-electron chi connectivity index (χ4n) is 4.87. The number of hydrogen-bond donors (Lipinski definition) is 1. The quantitative estimate of drug-likeness (QED) is 0.836. The Morgan fingerprint density at radius 2 is 1.63 bits per heavy atom. The van der Waals surface area contributed by atoms with Crippen LogP contribution in [0.5, 0.6) is 0 Å². The molecule has 0 aromatic carbocycles. The van der Waals surface area contributed by atoms with E-state index in [1.807, 2.05) is 7.11 Å². The lowest BCUT2D eigenvalue weighted by Gasteiger charge is -2.53. The lowest BCUT2D eigenvalue weighted by Crippen LogP contribution is -2.62. The Balaban J connectivity index is 1.48. The maximum atomic E-state index is 5.56. The SMILES string of the molecule is COC1CC(NC2CCC3(CCCC3)CC2)C1(C)C. The van der Waals surface area contributed by atoms with E-state index in [2.05, 4.69) is 19.2 Å². The van der Waals surface area contributed by atoms with Crippen LogP contribution in [0.15, 0.2) is 0 Å². The summed E-state index contributed by atoms with van der Waals surface area (Å²) in [5.74, 6) is 0. The molecule has 1 spiro atoms. The van der Waals surface area contributed by atoms with E-state index in [0.717, 1.165) is 11.5 Å². The van der Waals surface area contributed by atoms with Gasteiger partial charge in [0.15, 0.2) is 0 Å². The van der Waals surface area contributed by atoms with Crippen molar-refractivity contribution in [2.75, 3.05) is 7.11 Å². The van der Waals surface area contributed by atoms with Gasteiger partial charge in [-0.2, -0.15) is 0 Å². The summed E-state index contributed by atoms with van der Waals surface area (Å²) in [6, 6.07) is 1.44. The molecule has 3 fully saturated rings. The van der Waals surface area contributed by atoms with Gasteiger partial charge in [-0.05, 0) is 50.4 Å². The Labute approximate surface area is 118 Å². The maximum absolute atomic E-state index is 5.56. The van der Waals surface area contributed by atoms with Crippen LogP contribution in [0.1, 0.15) is 71.6 Å². The maximum Gasteiger partial charge on any atom is 0.0652 e. The van der Waals surface area contributed by atoms with E-state index in [1.165, 1.54) is 57.8 Å². The average Bonchev–Trinajstić information content (AvgIpc) is 2.85. The molecule has 3 rings (SSSR count). The first-order chi connectivity index (χ1) is 9.06. The Kier molecular flexibility index (Phi) is 3.68. The predicted molar refractivity (Wildman–Crippen MR) is 79.3 cm³/mol. The van der Waals surface area contributed by atoms with Crippen molar-refractivity contribution in [3.05, 3.63) is 0 Å². The first-order valence-electron chi connectivity index (χ1n) is 8.35. The monoisotopic (exact) mass is 265 g/mol. The van der Waals surface area contributed by atoms with Crippen molar-refractivity contribution in [1.82, 2.24) is 5.32 Å². The van der Waals surface area contributed by atoms with Gasteiger partial charge in [-0.15, -0.1) is 0 Å². The Morgan fingerprint density at radius 1 is 1.00 bits per heavy atom. The second-order valence-electron chi connectivity index (χ2n) is 7.98.